The Bertz CT molecular complexity index is 835. The first kappa shape index (κ1) is 17.0. The highest BCUT2D eigenvalue weighted by atomic mass is 32.1. The quantitative estimate of drug-likeness (QED) is 0.355. The molecule has 0 saturated heterocycles. The smallest absolute Gasteiger partial charge is 0.259 e. The van der Waals surface area contributed by atoms with Crippen molar-refractivity contribution >= 4 is 39.6 Å². The Labute approximate surface area is 141 Å². The van der Waals surface area contributed by atoms with Gasteiger partial charge in [-0.25, -0.2) is 0 Å². The van der Waals surface area contributed by atoms with Crippen molar-refractivity contribution in [3.05, 3.63) is 34.8 Å². The second kappa shape index (κ2) is 7.80. The number of hydrazone groups is 1. The van der Waals surface area contributed by atoms with E-state index in [0.29, 0.717) is 16.4 Å². The van der Waals surface area contributed by atoms with Crippen molar-refractivity contribution in [2.75, 3.05) is 10.7 Å². The maximum absolute atomic E-state index is 12.4. The maximum Gasteiger partial charge on any atom is 0.259 e. The molecule has 0 aliphatic carbocycles. The third-order valence-electron chi connectivity index (χ3n) is 2.81. The van der Waals surface area contributed by atoms with Gasteiger partial charge in [0.25, 0.3) is 5.91 Å². The van der Waals surface area contributed by atoms with Crippen LogP contribution in [0, 0.1) is 16.7 Å². The van der Waals surface area contributed by atoms with Gasteiger partial charge in [-0.3, -0.25) is 20.9 Å². The summed E-state index contributed by atoms with van der Waals surface area (Å²) in [7, 11) is 0. The molecule has 1 amide bonds. The van der Waals surface area contributed by atoms with Crippen molar-refractivity contribution in [3.63, 3.8) is 0 Å². The number of nitrogens with zero attached hydrogens (tertiary/aromatic N) is 4. The molecule has 1 aromatic heterocycles. The number of carbonyl (C=O) groups is 1. The number of nitriles is 1. The van der Waals surface area contributed by atoms with Crippen molar-refractivity contribution in [3.8, 4) is 6.07 Å². The van der Waals surface area contributed by atoms with Gasteiger partial charge < -0.3 is 5.73 Å². The van der Waals surface area contributed by atoms with Gasteiger partial charge in [-0.05, 0) is 18.6 Å². The molecule has 122 valence electrons. The number of hydrogen-bond donors (Lipinski definition) is 4. The average Bonchev–Trinajstić information content (AvgIpc) is 3.03. The van der Waals surface area contributed by atoms with Gasteiger partial charge in [-0.15, -0.1) is 10.2 Å². The van der Waals surface area contributed by atoms with E-state index in [-0.39, 0.29) is 5.71 Å². The molecule has 0 spiro atoms. The average molecular weight is 342 g/mol. The first-order valence-electron chi connectivity index (χ1n) is 6.86. The van der Waals surface area contributed by atoms with Crippen LogP contribution in [0.4, 0.5) is 10.8 Å². The Kier molecular flexibility index (Phi) is 5.54. The number of amidine groups is 1. The van der Waals surface area contributed by atoms with Crippen LogP contribution < -0.4 is 16.5 Å². The highest BCUT2D eigenvalue weighted by Crippen LogP contribution is 2.20. The molecule has 0 radical (unpaired) electrons. The number of anilines is 2. The van der Waals surface area contributed by atoms with Crippen molar-refractivity contribution in [2.45, 2.75) is 13.3 Å². The molecule has 0 aliphatic rings. The number of aromatic nitrogens is 2. The first-order valence-corrected chi connectivity index (χ1v) is 7.67. The van der Waals surface area contributed by atoms with Gasteiger partial charge in [-0.2, -0.15) is 10.4 Å². The van der Waals surface area contributed by atoms with Gasteiger partial charge in [0.15, 0.2) is 5.84 Å². The fraction of sp³-hybridized carbons (Fsp3) is 0.143. The summed E-state index contributed by atoms with van der Waals surface area (Å²) in [5, 5.41) is 31.5. The molecule has 0 saturated carbocycles. The van der Waals surface area contributed by atoms with E-state index in [9.17, 15) is 4.79 Å². The first-order chi connectivity index (χ1) is 11.5. The second-order valence-corrected chi connectivity index (χ2v) is 5.51. The lowest BCUT2D eigenvalue weighted by atomic mass is 10.1. The summed E-state index contributed by atoms with van der Waals surface area (Å²) in [6.45, 7) is 1.95. The number of aryl methyl sites for hydroxylation is 1. The van der Waals surface area contributed by atoms with Gasteiger partial charge in [-0.1, -0.05) is 30.4 Å². The summed E-state index contributed by atoms with van der Waals surface area (Å²) < 4.78 is 0. The minimum Gasteiger partial charge on any atom is -0.382 e. The fourth-order valence-corrected chi connectivity index (χ4v) is 2.33. The molecule has 0 atom stereocenters. The molecule has 0 fully saturated rings. The molecular weight excluding hydrogens is 328 g/mol. The summed E-state index contributed by atoms with van der Waals surface area (Å²) in [4.78, 5) is 12.4. The number of carbonyl (C=O) groups excluding carboxylic acids is 1. The lowest BCUT2D eigenvalue weighted by Gasteiger charge is -2.08. The summed E-state index contributed by atoms with van der Waals surface area (Å²) in [5.41, 5.74) is 8.19. The van der Waals surface area contributed by atoms with Crippen molar-refractivity contribution in [1.29, 1.82) is 10.7 Å². The fourth-order valence-electron chi connectivity index (χ4n) is 1.65. The molecule has 0 bridgehead atoms. The normalized spacial score (nSPS) is 10.8. The van der Waals surface area contributed by atoms with E-state index in [1.807, 2.05) is 6.92 Å². The molecule has 9 nitrogen and oxygen atoms in total. The Morgan fingerprint density at radius 3 is 2.83 bits per heavy atom. The Balaban J connectivity index is 2.20. The van der Waals surface area contributed by atoms with Crippen LogP contribution >= 0.6 is 11.3 Å². The van der Waals surface area contributed by atoms with Crippen LogP contribution in [0.1, 0.15) is 22.3 Å². The van der Waals surface area contributed by atoms with Gasteiger partial charge in [0.1, 0.15) is 11.1 Å². The molecule has 5 N–H and O–H groups in total. The molecule has 1 heterocycles. The molecule has 1 aromatic carbocycles. The highest BCUT2D eigenvalue weighted by molar-refractivity contribution is 7.15. The molecule has 10 heteroatoms. The van der Waals surface area contributed by atoms with Crippen LogP contribution in [0.15, 0.2) is 29.4 Å². The SMILES string of the molecule is CCc1nnc(NC(=O)c2ccccc2N/N=C(\C#N)C(=N)N)s1. The highest BCUT2D eigenvalue weighted by Gasteiger charge is 2.13. The van der Waals surface area contributed by atoms with Gasteiger partial charge in [0.2, 0.25) is 10.8 Å². The van der Waals surface area contributed by atoms with E-state index in [1.165, 1.54) is 11.3 Å². The minimum absolute atomic E-state index is 0.276. The van der Waals surface area contributed by atoms with Crippen LogP contribution in [0.25, 0.3) is 0 Å². The molecule has 0 aliphatic heterocycles. The number of nitrogens with two attached hydrogens (primary N) is 1. The lowest BCUT2D eigenvalue weighted by Crippen LogP contribution is -2.22. The van der Waals surface area contributed by atoms with Gasteiger partial charge >= 0.3 is 0 Å². The summed E-state index contributed by atoms with van der Waals surface area (Å²) in [6.07, 6.45) is 0.738. The second-order valence-electron chi connectivity index (χ2n) is 4.45. The number of amides is 1. The molecule has 2 rings (SSSR count). The Morgan fingerprint density at radius 1 is 1.46 bits per heavy atom. The third-order valence-corrected chi connectivity index (χ3v) is 3.79. The zero-order valence-corrected chi connectivity index (χ0v) is 13.5. The summed E-state index contributed by atoms with van der Waals surface area (Å²) in [6, 6.07) is 8.29. The molecule has 2 aromatic rings. The van der Waals surface area contributed by atoms with E-state index in [1.54, 1.807) is 30.3 Å². The lowest BCUT2D eigenvalue weighted by molar-refractivity contribution is 0.102. The summed E-state index contributed by atoms with van der Waals surface area (Å²) >= 11 is 1.30. The van der Waals surface area contributed by atoms with E-state index in [4.69, 9.17) is 16.4 Å². The number of para-hydroxylation sites is 1. The number of benzene rings is 1. The van der Waals surface area contributed by atoms with Gasteiger partial charge in [0, 0.05) is 0 Å². The van der Waals surface area contributed by atoms with Crippen LogP contribution in [0.5, 0.6) is 0 Å². The van der Waals surface area contributed by atoms with E-state index < -0.39 is 11.7 Å². The van der Waals surface area contributed by atoms with Crippen LogP contribution in [0.3, 0.4) is 0 Å². The van der Waals surface area contributed by atoms with Crippen LogP contribution in [-0.4, -0.2) is 27.7 Å². The maximum atomic E-state index is 12.4. The van der Waals surface area contributed by atoms with Crippen LogP contribution in [-0.2, 0) is 6.42 Å². The van der Waals surface area contributed by atoms with Crippen molar-refractivity contribution in [2.24, 2.45) is 10.8 Å². The molecular formula is C14H14N8OS. The Morgan fingerprint density at radius 2 is 2.21 bits per heavy atom. The number of nitrogens with one attached hydrogen (secondary N) is 3. The standard InChI is InChI=1S/C14H14N8OS/c1-2-11-21-22-14(24-11)18-13(23)8-5-3-4-6-9(8)19-20-10(7-15)12(16)17/h3-6,19H,2H2,1H3,(H3,16,17)(H,18,22,23)/b20-10+. The zero-order chi connectivity index (χ0) is 17.5. The van der Waals surface area contributed by atoms with Gasteiger partial charge in [0.05, 0.1) is 11.3 Å². The third kappa shape index (κ3) is 4.11. The van der Waals surface area contributed by atoms with E-state index >= 15 is 0 Å². The van der Waals surface area contributed by atoms with E-state index in [2.05, 4.69) is 26.0 Å². The zero-order valence-electron chi connectivity index (χ0n) is 12.7. The monoisotopic (exact) mass is 342 g/mol. The molecule has 0 unspecified atom stereocenters. The largest absolute Gasteiger partial charge is 0.382 e. The predicted octanol–water partition coefficient (Wildman–Crippen LogP) is 1.58. The Hall–Kier alpha value is -3.32. The molecule has 24 heavy (non-hydrogen) atoms. The number of rotatable bonds is 6. The minimum atomic E-state index is -0.465. The van der Waals surface area contributed by atoms with Crippen molar-refractivity contribution in [1.82, 2.24) is 10.2 Å². The number of hydrogen-bond acceptors (Lipinski definition) is 8. The topological polar surface area (TPSA) is 153 Å². The summed E-state index contributed by atoms with van der Waals surface area (Å²) in [5.74, 6) is -0.860. The van der Waals surface area contributed by atoms with Crippen molar-refractivity contribution < 1.29 is 4.79 Å². The van der Waals surface area contributed by atoms with Crippen LogP contribution in [0.2, 0.25) is 0 Å². The predicted molar refractivity (Wildman–Crippen MR) is 92.3 cm³/mol. The van der Waals surface area contributed by atoms with E-state index in [0.717, 1.165) is 11.4 Å².